The molecular weight excluding hydrogens is 266 g/mol. The highest BCUT2D eigenvalue weighted by Gasteiger charge is 2.07. The van der Waals surface area contributed by atoms with Gasteiger partial charge in [-0.05, 0) is 37.1 Å². The van der Waals surface area contributed by atoms with E-state index in [-0.39, 0.29) is 0 Å². The van der Waals surface area contributed by atoms with Gasteiger partial charge < -0.3 is 15.0 Å². The minimum atomic E-state index is 0.681. The Balaban J connectivity index is 1.79. The van der Waals surface area contributed by atoms with Crippen LogP contribution < -0.4 is 10.5 Å². The SMILES string of the molecule is COc1ccc(Cc2noc(CCCCCCN)n2)cc1. The number of nitrogens with zero attached hydrogens (tertiary/aromatic N) is 2. The first-order valence-corrected chi connectivity index (χ1v) is 7.46. The van der Waals surface area contributed by atoms with Crippen LogP contribution in [0.5, 0.6) is 5.75 Å². The summed E-state index contributed by atoms with van der Waals surface area (Å²) in [6, 6.07) is 7.91. The smallest absolute Gasteiger partial charge is 0.226 e. The summed E-state index contributed by atoms with van der Waals surface area (Å²) >= 11 is 0. The van der Waals surface area contributed by atoms with Crippen molar-refractivity contribution in [3.05, 3.63) is 41.5 Å². The van der Waals surface area contributed by atoms with Crippen molar-refractivity contribution in [3.8, 4) is 5.75 Å². The molecular formula is C16H23N3O2. The molecule has 0 unspecified atom stereocenters. The molecule has 5 heteroatoms. The first-order valence-electron chi connectivity index (χ1n) is 7.46. The zero-order valence-corrected chi connectivity index (χ0v) is 12.5. The van der Waals surface area contributed by atoms with Crippen LogP contribution in [0, 0.1) is 0 Å². The highest BCUT2D eigenvalue weighted by atomic mass is 16.5. The Morgan fingerprint density at radius 2 is 1.86 bits per heavy atom. The maximum Gasteiger partial charge on any atom is 0.226 e. The lowest BCUT2D eigenvalue weighted by Crippen LogP contribution is -1.98. The van der Waals surface area contributed by atoms with Gasteiger partial charge in [0.15, 0.2) is 5.82 Å². The summed E-state index contributed by atoms with van der Waals surface area (Å²) in [5, 5.41) is 4.03. The van der Waals surface area contributed by atoms with E-state index in [9.17, 15) is 0 Å². The van der Waals surface area contributed by atoms with Gasteiger partial charge in [-0.3, -0.25) is 0 Å². The maximum absolute atomic E-state index is 5.47. The first kappa shape index (κ1) is 15.5. The molecule has 2 N–H and O–H groups in total. The molecule has 1 aromatic carbocycles. The summed E-state index contributed by atoms with van der Waals surface area (Å²) in [5.41, 5.74) is 6.61. The van der Waals surface area contributed by atoms with E-state index in [1.54, 1.807) is 7.11 Å². The number of hydrogen-bond acceptors (Lipinski definition) is 5. The molecule has 0 aliphatic heterocycles. The average Bonchev–Trinajstić information content (AvgIpc) is 2.95. The van der Waals surface area contributed by atoms with Crippen LogP contribution in [0.25, 0.3) is 0 Å². The number of hydrogen-bond donors (Lipinski definition) is 1. The van der Waals surface area contributed by atoms with Crippen LogP contribution in [0.4, 0.5) is 0 Å². The molecule has 21 heavy (non-hydrogen) atoms. The van der Waals surface area contributed by atoms with Gasteiger partial charge in [0.05, 0.1) is 7.11 Å². The molecule has 0 amide bonds. The van der Waals surface area contributed by atoms with Gasteiger partial charge in [0, 0.05) is 12.8 Å². The second-order valence-corrected chi connectivity index (χ2v) is 5.08. The third kappa shape index (κ3) is 5.19. The van der Waals surface area contributed by atoms with Crippen LogP contribution in [0.15, 0.2) is 28.8 Å². The van der Waals surface area contributed by atoms with Gasteiger partial charge in [-0.2, -0.15) is 4.98 Å². The molecule has 2 rings (SSSR count). The number of methoxy groups -OCH3 is 1. The highest BCUT2D eigenvalue weighted by Crippen LogP contribution is 2.14. The molecule has 0 fully saturated rings. The molecule has 0 aliphatic carbocycles. The van der Waals surface area contributed by atoms with Crippen molar-refractivity contribution in [2.24, 2.45) is 5.73 Å². The van der Waals surface area contributed by atoms with E-state index in [2.05, 4.69) is 10.1 Å². The summed E-state index contributed by atoms with van der Waals surface area (Å²) in [4.78, 5) is 4.43. The second-order valence-electron chi connectivity index (χ2n) is 5.08. The Morgan fingerprint density at radius 1 is 1.10 bits per heavy atom. The third-order valence-corrected chi connectivity index (χ3v) is 3.38. The molecule has 0 bridgehead atoms. The summed E-state index contributed by atoms with van der Waals surface area (Å²) in [7, 11) is 1.66. The predicted octanol–water partition coefficient (Wildman–Crippen LogP) is 2.73. The first-order chi connectivity index (χ1) is 10.3. The van der Waals surface area contributed by atoms with E-state index < -0.39 is 0 Å². The standard InChI is InChI=1S/C16H23N3O2/c1-20-14-9-7-13(8-10-14)12-15-18-16(21-19-15)6-4-2-3-5-11-17/h7-10H,2-6,11-12,17H2,1H3. The van der Waals surface area contributed by atoms with Crippen molar-refractivity contribution in [2.75, 3.05) is 13.7 Å². The van der Waals surface area contributed by atoms with Gasteiger partial charge in [0.25, 0.3) is 0 Å². The average molecular weight is 289 g/mol. The molecule has 2 aromatic rings. The van der Waals surface area contributed by atoms with E-state index in [1.165, 1.54) is 6.42 Å². The molecule has 0 saturated heterocycles. The number of nitrogens with two attached hydrogens (primary N) is 1. The summed E-state index contributed by atoms with van der Waals surface area (Å²) in [6.45, 7) is 0.770. The Hall–Kier alpha value is -1.88. The molecule has 0 radical (unpaired) electrons. The van der Waals surface area contributed by atoms with E-state index >= 15 is 0 Å². The number of ether oxygens (including phenoxy) is 1. The predicted molar refractivity (Wildman–Crippen MR) is 81.3 cm³/mol. The fourth-order valence-corrected chi connectivity index (χ4v) is 2.16. The Bertz CT molecular complexity index is 523. The quantitative estimate of drug-likeness (QED) is 0.718. The molecule has 1 heterocycles. The minimum absolute atomic E-state index is 0.681. The number of unbranched alkanes of at least 4 members (excludes halogenated alkanes) is 3. The summed E-state index contributed by atoms with van der Waals surface area (Å²) in [5.74, 6) is 2.31. The van der Waals surface area contributed by atoms with E-state index in [4.69, 9.17) is 15.0 Å². The van der Waals surface area contributed by atoms with E-state index in [0.717, 1.165) is 55.3 Å². The van der Waals surface area contributed by atoms with Gasteiger partial charge in [0.1, 0.15) is 5.75 Å². The molecule has 114 valence electrons. The topological polar surface area (TPSA) is 74.2 Å². The van der Waals surface area contributed by atoms with Gasteiger partial charge in [-0.15, -0.1) is 0 Å². The van der Waals surface area contributed by atoms with Gasteiger partial charge in [-0.25, -0.2) is 0 Å². The number of rotatable bonds is 9. The van der Waals surface area contributed by atoms with Gasteiger partial charge >= 0.3 is 0 Å². The molecule has 1 aromatic heterocycles. The van der Waals surface area contributed by atoms with Crippen molar-refractivity contribution in [1.82, 2.24) is 10.1 Å². The second kappa shape index (κ2) is 8.42. The van der Waals surface area contributed by atoms with Crippen molar-refractivity contribution in [1.29, 1.82) is 0 Å². The van der Waals surface area contributed by atoms with Crippen molar-refractivity contribution < 1.29 is 9.26 Å². The molecule has 5 nitrogen and oxygen atoms in total. The molecule has 0 aliphatic rings. The zero-order chi connectivity index (χ0) is 14.9. The summed E-state index contributed by atoms with van der Waals surface area (Å²) in [6.07, 6.45) is 6.02. The minimum Gasteiger partial charge on any atom is -0.497 e. The van der Waals surface area contributed by atoms with E-state index in [1.807, 2.05) is 24.3 Å². The van der Waals surface area contributed by atoms with Crippen LogP contribution in [-0.4, -0.2) is 23.8 Å². The Morgan fingerprint density at radius 3 is 2.57 bits per heavy atom. The van der Waals surface area contributed by atoms with Crippen LogP contribution >= 0.6 is 0 Å². The lowest BCUT2D eigenvalue weighted by atomic mass is 10.1. The van der Waals surface area contributed by atoms with Crippen LogP contribution in [0.2, 0.25) is 0 Å². The van der Waals surface area contributed by atoms with Crippen LogP contribution in [0.1, 0.15) is 43.0 Å². The number of benzene rings is 1. The van der Waals surface area contributed by atoms with Gasteiger partial charge in [-0.1, -0.05) is 30.1 Å². The molecule has 0 spiro atoms. The van der Waals surface area contributed by atoms with Gasteiger partial charge in [0.2, 0.25) is 5.89 Å². The zero-order valence-electron chi connectivity index (χ0n) is 12.5. The fraction of sp³-hybridized carbons (Fsp3) is 0.500. The fourth-order valence-electron chi connectivity index (χ4n) is 2.16. The van der Waals surface area contributed by atoms with Crippen molar-refractivity contribution >= 4 is 0 Å². The molecule has 0 atom stereocenters. The Kier molecular flexibility index (Phi) is 6.22. The third-order valence-electron chi connectivity index (χ3n) is 3.38. The maximum atomic E-state index is 5.47. The van der Waals surface area contributed by atoms with E-state index in [0.29, 0.717) is 6.42 Å². The lowest BCUT2D eigenvalue weighted by molar-refractivity contribution is 0.369. The number of aromatic nitrogens is 2. The number of aryl methyl sites for hydroxylation is 1. The van der Waals surface area contributed by atoms with Crippen LogP contribution in [0.3, 0.4) is 0 Å². The summed E-state index contributed by atoms with van der Waals surface area (Å²) < 4.78 is 10.4. The largest absolute Gasteiger partial charge is 0.497 e. The van der Waals surface area contributed by atoms with Crippen molar-refractivity contribution in [2.45, 2.75) is 38.5 Å². The Labute approximate surface area is 125 Å². The lowest BCUT2D eigenvalue weighted by Gasteiger charge is -2.00. The highest BCUT2D eigenvalue weighted by molar-refractivity contribution is 5.28. The normalized spacial score (nSPS) is 10.8. The van der Waals surface area contributed by atoms with Crippen LogP contribution in [-0.2, 0) is 12.8 Å². The van der Waals surface area contributed by atoms with Crippen molar-refractivity contribution in [3.63, 3.8) is 0 Å². The monoisotopic (exact) mass is 289 g/mol. The molecule has 0 saturated carbocycles.